The molecule has 4 rings (SSSR count). The van der Waals surface area contributed by atoms with Gasteiger partial charge in [0.05, 0.1) is 5.57 Å². The van der Waals surface area contributed by atoms with Crippen LogP contribution in [0.2, 0.25) is 0 Å². The van der Waals surface area contributed by atoms with Crippen LogP contribution in [0.1, 0.15) is 36.8 Å². The summed E-state index contributed by atoms with van der Waals surface area (Å²) >= 11 is 1.52. The minimum absolute atomic E-state index is 0.0977. The molecule has 1 amide bonds. The third-order valence-corrected chi connectivity index (χ3v) is 5.97. The number of amides is 1. The minimum Gasteiger partial charge on any atom is -0.437 e. The third kappa shape index (κ3) is 5.57. The van der Waals surface area contributed by atoms with Crippen molar-refractivity contribution < 1.29 is 9.53 Å². The van der Waals surface area contributed by atoms with E-state index in [-0.39, 0.29) is 11.3 Å². The molecule has 0 aliphatic carbocycles. The molecule has 5 heteroatoms. The number of anilines is 1. The number of thiophene rings is 1. The van der Waals surface area contributed by atoms with Crippen LogP contribution in [0, 0.1) is 0 Å². The van der Waals surface area contributed by atoms with E-state index in [1.54, 1.807) is 18.3 Å². The van der Waals surface area contributed by atoms with Crippen molar-refractivity contribution in [1.82, 2.24) is 4.98 Å². The van der Waals surface area contributed by atoms with Crippen LogP contribution in [0.15, 0.2) is 90.4 Å². The number of nitrogens with zero attached hydrogens (tertiary/aromatic N) is 1. The molecule has 0 saturated heterocycles. The fourth-order valence-electron chi connectivity index (χ4n) is 3.43. The van der Waals surface area contributed by atoms with E-state index in [0.717, 1.165) is 21.8 Å². The lowest BCUT2D eigenvalue weighted by atomic mass is 9.86. The van der Waals surface area contributed by atoms with Crippen LogP contribution in [-0.4, -0.2) is 10.9 Å². The van der Waals surface area contributed by atoms with Gasteiger partial charge in [0.25, 0.3) is 5.91 Å². The number of pyridine rings is 1. The molecule has 166 valence electrons. The predicted octanol–water partition coefficient (Wildman–Crippen LogP) is 7.41. The Labute approximate surface area is 198 Å². The summed E-state index contributed by atoms with van der Waals surface area (Å²) in [7, 11) is 0. The number of para-hydroxylation sites is 1. The first-order valence-corrected chi connectivity index (χ1v) is 11.6. The summed E-state index contributed by atoms with van der Waals surface area (Å²) in [6, 6.07) is 25.2. The van der Waals surface area contributed by atoms with Gasteiger partial charge in [-0.1, -0.05) is 75.4 Å². The van der Waals surface area contributed by atoms with E-state index in [1.165, 1.54) is 11.3 Å². The number of carbonyl (C=O) groups excluding carboxylic acids is 1. The van der Waals surface area contributed by atoms with Crippen LogP contribution in [0.4, 0.5) is 5.69 Å². The molecular formula is C28H26N2O2S. The number of hydrogen-bond donors (Lipinski definition) is 1. The van der Waals surface area contributed by atoms with Crippen LogP contribution in [0.3, 0.4) is 0 Å². The van der Waals surface area contributed by atoms with Crippen molar-refractivity contribution in [3.63, 3.8) is 0 Å². The van der Waals surface area contributed by atoms with Gasteiger partial charge in [0, 0.05) is 16.6 Å². The second-order valence-electron chi connectivity index (χ2n) is 8.60. The van der Waals surface area contributed by atoms with Gasteiger partial charge in [0.1, 0.15) is 11.4 Å². The lowest BCUT2D eigenvalue weighted by Gasteiger charge is -2.22. The Bertz CT molecular complexity index is 1260. The molecule has 0 saturated carbocycles. The number of hydrogen-bond acceptors (Lipinski definition) is 4. The fraction of sp³-hybridized carbons (Fsp3) is 0.143. The van der Waals surface area contributed by atoms with Crippen LogP contribution >= 0.6 is 11.3 Å². The Balaban J connectivity index is 1.65. The Hall–Kier alpha value is -3.70. The second-order valence-corrected chi connectivity index (χ2v) is 9.55. The average Bonchev–Trinajstić information content (AvgIpc) is 3.34. The highest BCUT2D eigenvalue weighted by atomic mass is 32.1. The van der Waals surface area contributed by atoms with Crippen molar-refractivity contribution in [2.75, 3.05) is 5.32 Å². The molecule has 4 nitrogen and oxygen atoms in total. The lowest BCUT2D eigenvalue weighted by Crippen LogP contribution is -2.15. The maximum Gasteiger partial charge on any atom is 0.257 e. The quantitative estimate of drug-likeness (QED) is 0.309. The molecular weight excluding hydrogens is 428 g/mol. The van der Waals surface area contributed by atoms with Crippen LogP contribution in [0.5, 0.6) is 11.6 Å². The number of nitrogens with one attached hydrogen (secondary N) is 1. The second kappa shape index (κ2) is 9.84. The molecule has 0 spiro atoms. The smallest absolute Gasteiger partial charge is 0.257 e. The molecule has 33 heavy (non-hydrogen) atoms. The molecule has 0 atom stereocenters. The highest BCUT2D eigenvalue weighted by molar-refractivity contribution is 7.11. The van der Waals surface area contributed by atoms with Gasteiger partial charge in [-0.15, -0.1) is 11.3 Å². The van der Waals surface area contributed by atoms with Gasteiger partial charge in [-0.05, 0) is 46.7 Å². The summed E-state index contributed by atoms with van der Waals surface area (Å²) in [6.45, 7) is 6.41. The lowest BCUT2D eigenvalue weighted by molar-refractivity contribution is -0.111. The summed E-state index contributed by atoms with van der Waals surface area (Å²) < 4.78 is 6.21. The zero-order valence-corrected chi connectivity index (χ0v) is 19.7. The first kappa shape index (κ1) is 22.5. The Kier molecular flexibility index (Phi) is 6.71. The summed E-state index contributed by atoms with van der Waals surface area (Å²) in [5, 5.41) is 4.97. The van der Waals surface area contributed by atoms with Crippen molar-refractivity contribution in [3.05, 3.63) is 106 Å². The largest absolute Gasteiger partial charge is 0.437 e. The number of rotatable bonds is 6. The molecule has 0 bridgehead atoms. The van der Waals surface area contributed by atoms with Crippen molar-refractivity contribution in [3.8, 4) is 11.6 Å². The van der Waals surface area contributed by atoms with Gasteiger partial charge < -0.3 is 10.1 Å². The minimum atomic E-state index is -0.219. The third-order valence-electron chi connectivity index (χ3n) is 5.06. The molecule has 0 aliphatic rings. The first-order valence-electron chi connectivity index (χ1n) is 10.8. The highest BCUT2D eigenvalue weighted by Crippen LogP contribution is 2.36. The average molecular weight is 455 g/mol. The van der Waals surface area contributed by atoms with Gasteiger partial charge in [-0.25, -0.2) is 4.98 Å². The van der Waals surface area contributed by atoms with Gasteiger partial charge in [-0.3, -0.25) is 4.79 Å². The molecule has 2 aromatic heterocycles. The molecule has 4 aromatic rings. The normalized spacial score (nSPS) is 11.8. The summed E-state index contributed by atoms with van der Waals surface area (Å²) in [4.78, 5) is 18.7. The van der Waals surface area contributed by atoms with E-state index >= 15 is 0 Å². The maximum atomic E-state index is 13.4. The van der Waals surface area contributed by atoms with Crippen molar-refractivity contribution in [2.24, 2.45) is 0 Å². The van der Waals surface area contributed by atoms with Crippen LogP contribution < -0.4 is 10.1 Å². The Morgan fingerprint density at radius 2 is 1.70 bits per heavy atom. The van der Waals surface area contributed by atoms with Crippen molar-refractivity contribution in [1.29, 1.82) is 0 Å². The molecule has 0 fully saturated rings. The molecule has 1 N–H and O–H groups in total. The topological polar surface area (TPSA) is 51.2 Å². The highest BCUT2D eigenvalue weighted by Gasteiger charge is 2.21. The number of carbonyl (C=O) groups is 1. The van der Waals surface area contributed by atoms with E-state index in [1.807, 2.05) is 78.2 Å². The van der Waals surface area contributed by atoms with E-state index in [4.69, 9.17) is 4.74 Å². The van der Waals surface area contributed by atoms with Crippen molar-refractivity contribution >= 4 is 34.6 Å². The Morgan fingerprint density at radius 1 is 0.939 bits per heavy atom. The van der Waals surface area contributed by atoms with E-state index in [0.29, 0.717) is 17.1 Å². The summed E-state index contributed by atoms with van der Waals surface area (Å²) in [5.41, 5.74) is 3.02. The number of aromatic nitrogens is 1. The van der Waals surface area contributed by atoms with Crippen LogP contribution in [-0.2, 0) is 10.2 Å². The van der Waals surface area contributed by atoms with Gasteiger partial charge in [0.15, 0.2) is 0 Å². The van der Waals surface area contributed by atoms with E-state index in [2.05, 4.69) is 31.1 Å². The van der Waals surface area contributed by atoms with E-state index in [9.17, 15) is 4.79 Å². The van der Waals surface area contributed by atoms with Gasteiger partial charge in [0.2, 0.25) is 5.88 Å². The molecule has 0 aliphatic heterocycles. The maximum absolute atomic E-state index is 13.4. The zero-order chi connectivity index (χ0) is 23.3. The first-order chi connectivity index (χ1) is 15.9. The zero-order valence-electron chi connectivity index (χ0n) is 18.9. The molecule has 2 heterocycles. The molecule has 2 aromatic carbocycles. The summed E-state index contributed by atoms with van der Waals surface area (Å²) in [5.74, 6) is 0.855. The van der Waals surface area contributed by atoms with E-state index < -0.39 is 0 Å². The van der Waals surface area contributed by atoms with Crippen molar-refractivity contribution in [2.45, 2.75) is 26.2 Å². The van der Waals surface area contributed by atoms with Crippen LogP contribution in [0.25, 0.3) is 11.6 Å². The monoisotopic (exact) mass is 454 g/mol. The number of ether oxygens (including phenoxy) is 1. The fourth-order valence-corrected chi connectivity index (χ4v) is 4.17. The standard InChI is InChI=1S/C28H26N2O2S/c1-28(2,3)22-13-7-8-15-24(22)32-27-23(14-9-17-29-27)30-26(31)21(25-16-10-18-33-25)19-20-11-5-4-6-12-20/h4-19H,1-3H3,(H,30,31). The summed E-state index contributed by atoms with van der Waals surface area (Å²) in [6.07, 6.45) is 3.55. The molecule has 0 radical (unpaired) electrons. The van der Waals surface area contributed by atoms with Gasteiger partial charge >= 0.3 is 0 Å². The SMILES string of the molecule is CC(C)(C)c1ccccc1Oc1ncccc1NC(=O)C(=Cc1ccccc1)c1cccs1. The molecule has 0 unspecified atom stereocenters. The van der Waals surface area contributed by atoms with Gasteiger partial charge in [-0.2, -0.15) is 0 Å². The predicted molar refractivity (Wildman–Crippen MR) is 137 cm³/mol. The number of benzene rings is 2. The Morgan fingerprint density at radius 3 is 2.42 bits per heavy atom.